The Morgan fingerprint density at radius 3 is 2.33 bits per heavy atom. The third-order valence-corrected chi connectivity index (χ3v) is 3.08. The number of rotatable bonds is 4. The minimum Gasteiger partial charge on any atom is -0.487 e. The molecule has 0 aliphatic carbocycles. The molecule has 21 heavy (non-hydrogen) atoms. The summed E-state index contributed by atoms with van der Waals surface area (Å²) in [6, 6.07) is 5.92. The molecular formula is C13H14F5N2O. The van der Waals surface area contributed by atoms with Crippen molar-refractivity contribution in [3.63, 3.8) is 0 Å². The summed E-state index contributed by atoms with van der Waals surface area (Å²) in [5.41, 5.74) is 0.858. The first-order chi connectivity index (χ1) is 9.79. The fraction of sp³-hybridized carbons (Fsp3) is 0.538. The number of hydrogen-bond donors (Lipinski definition) is 1. The maximum atomic E-state index is 12.7. The van der Waals surface area contributed by atoms with Gasteiger partial charge in [0, 0.05) is 19.6 Å². The highest BCUT2D eigenvalue weighted by molar-refractivity contribution is 5.29. The predicted molar refractivity (Wildman–Crippen MR) is 65.6 cm³/mol. The first-order valence-corrected chi connectivity index (χ1v) is 6.34. The van der Waals surface area contributed by atoms with Gasteiger partial charge in [-0.15, -0.1) is 0 Å². The molecule has 1 aromatic rings. The van der Waals surface area contributed by atoms with E-state index in [-0.39, 0.29) is 11.8 Å². The van der Waals surface area contributed by atoms with Crippen LogP contribution in [-0.4, -0.2) is 38.3 Å². The van der Waals surface area contributed by atoms with Crippen LogP contribution >= 0.6 is 0 Å². The molecule has 1 atom stereocenters. The van der Waals surface area contributed by atoms with Gasteiger partial charge in [0.2, 0.25) is 0 Å². The van der Waals surface area contributed by atoms with E-state index in [1.807, 2.05) is 0 Å². The van der Waals surface area contributed by atoms with Gasteiger partial charge in [0.05, 0.1) is 6.04 Å². The summed E-state index contributed by atoms with van der Waals surface area (Å²) in [6.45, 7) is 0.433. The van der Waals surface area contributed by atoms with Gasteiger partial charge in [0.25, 0.3) is 0 Å². The van der Waals surface area contributed by atoms with Crippen molar-refractivity contribution in [1.29, 1.82) is 0 Å². The Bertz CT molecular complexity index is 455. The number of benzene rings is 1. The van der Waals surface area contributed by atoms with E-state index in [0.29, 0.717) is 13.1 Å². The lowest BCUT2D eigenvalue weighted by molar-refractivity contribution is -0.290. The predicted octanol–water partition coefficient (Wildman–Crippen LogP) is 2.51. The zero-order valence-electron chi connectivity index (χ0n) is 11.0. The maximum Gasteiger partial charge on any atom is 0.456 e. The van der Waals surface area contributed by atoms with Gasteiger partial charge < -0.3 is 10.1 Å². The highest BCUT2D eigenvalue weighted by Gasteiger charge is 2.58. The monoisotopic (exact) mass is 309 g/mol. The molecule has 8 heteroatoms. The summed E-state index contributed by atoms with van der Waals surface area (Å²) in [7, 11) is 0. The van der Waals surface area contributed by atoms with Crippen molar-refractivity contribution >= 4 is 0 Å². The Labute approximate surface area is 118 Å². The average molecular weight is 309 g/mol. The Balaban J connectivity index is 1.93. The molecule has 0 aromatic heterocycles. The molecule has 1 radical (unpaired) electrons. The van der Waals surface area contributed by atoms with Crippen LogP contribution in [0, 0.1) is 0 Å². The second-order valence-electron chi connectivity index (χ2n) is 4.69. The van der Waals surface area contributed by atoms with Crippen molar-refractivity contribution in [2.45, 2.75) is 18.1 Å². The Kier molecular flexibility index (Phi) is 4.67. The highest BCUT2D eigenvalue weighted by atomic mass is 19.4. The molecule has 1 fully saturated rings. The van der Waals surface area contributed by atoms with Crippen LogP contribution in [0.1, 0.15) is 11.6 Å². The SMILES string of the molecule is FC(F)(F)C(F)(F)COc1ccc(C2CNCC[N]2)cc1. The minimum absolute atomic E-state index is 0.0357. The lowest BCUT2D eigenvalue weighted by atomic mass is 10.1. The van der Waals surface area contributed by atoms with E-state index in [4.69, 9.17) is 0 Å². The molecule has 1 N–H and O–H groups in total. The maximum absolute atomic E-state index is 12.7. The van der Waals surface area contributed by atoms with Crippen LogP contribution in [0.2, 0.25) is 0 Å². The normalized spacial score (nSPS) is 20.3. The van der Waals surface area contributed by atoms with Crippen LogP contribution in [0.15, 0.2) is 24.3 Å². The molecule has 1 aliphatic heterocycles. The quantitative estimate of drug-likeness (QED) is 0.868. The van der Waals surface area contributed by atoms with Gasteiger partial charge in [0.15, 0.2) is 6.61 Å². The number of hydrogen-bond acceptors (Lipinski definition) is 2. The molecule has 3 nitrogen and oxygen atoms in total. The van der Waals surface area contributed by atoms with E-state index in [2.05, 4.69) is 15.4 Å². The van der Waals surface area contributed by atoms with Gasteiger partial charge in [-0.3, -0.25) is 0 Å². The summed E-state index contributed by atoms with van der Waals surface area (Å²) in [6.07, 6.45) is -5.61. The van der Waals surface area contributed by atoms with E-state index >= 15 is 0 Å². The van der Waals surface area contributed by atoms with Crippen LogP contribution in [-0.2, 0) is 0 Å². The van der Waals surface area contributed by atoms with Crippen molar-refractivity contribution < 1.29 is 26.7 Å². The van der Waals surface area contributed by atoms with Crippen LogP contribution < -0.4 is 15.4 Å². The first kappa shape index (κ1) is 16.0. The van der Waals surface area contributed by atoms with Gasteiger partial charge in [-0.25, -0.2) is 5.32 Å². The molecule has 1 heterocycles. The number of nitrogens with zero attached hydrogens (tertiary/aromatic N) is 1. The van der Waals surface area contributed by atoms with E-state index < -0.39 is 18.7 Å². The molecule has 0 saturated carbocycles. The van der Waals surface area contributed by atoms with Crippen LogP contribution in [0.5, 0.6) is 5.75 Å². The molecule has 2 rings (SSSR count). The summed E-state index contributed by atoms with van der Waals surface area (Å²) in [5.74, 6) is -4.90. The first-order valence-electron chi connectivity index (χ1n) is 6.34. The van der Waals surface area contributed by atoms with Crippen LogP contribution in [0.3, 0.4) is 0 Å². The van der Waals surface area contributed by atoms with Gasteiger partial charge in [-0.1, -0.05) is 12.1 Å². The zero-order chi connectivity index (χ0) is 15.5. The third kappa shape index (κ3) is 4.04. The topological polar surface area (TPSA) is 35.4 Å². The number of nitrogens with one attached hydrogen (secondary N) is 1. The van der Waals surface area contributed by atoms with Crippen molar-refractivity contribution in [2.24, 2.45) is 0 Å². The number of ether oxygens (including phenoxy) is 1. The van der Waals surface area contributed by atoms with Crippen LogP contribution in [0.4, 0.5) is 22.0 Å². The Hall–Kier alpha value is -1.41. The lowest BCUT2D eigenvalue weighted by Crippen LogP contribution is -2.41. The fourth-order valence-corrected chi connectivity index (χ4v) is 1.87. The second kappa shape index (κ2) is 6.15. The van der Waals surface area contributed by atoms with Gasteiger partial charge in [-0.05, 0) is 17.7 Å². The van der Waals surface area contributed by atoms with Crippen molar-refractivity contribution in [3.8, 4) is 5.75 Å². The van der Waals surface area contributed by atoms with Crippen molar-refractivity contribution in [2.75, 3.05) is 26.2 Å². The molecule has 1 aliphatic rings. The smallest absolute Gasteiger partial charge is 0.456 e. The summed E-state index contributed by atoms with van der Waals surface area (Å²) in [4.78, 5) is 0. The molecule has 1 aromatic carbocycles. The molecule has 0 amide bonds. The van der Waals surface area contributed by atoms with Crippen molar-refractivity contribution in [3.05, 3.63) is 29.8 Å². The molecule has 0 bridgehead atoms. The molecule has 117 valence electrons. The minimum atomic E-state index is -5.61. The summed E-state index contributed by atoms with van der Waals surface area (Å²) < 4.78 is 65.9. The van der Waals surface area contributed by atoms with Gasteiger partial charge >= 0.3 is 12.1 Å². The molecular weight excluding hydrogens is 295 g/mol. The van der Waals surface area contributed by atoms with E-state index in [1.54, 1.807) is 12.1 Å². The van der Waals surface area contributed by atoms with E-state index in [1.165, 1.54) is 12.1 Å². The number of halogens is 5. The zero-order valence-corrected chi connectivity index (χ0v) is 11.0. The lowest BCUT2D eigenvalue weighted by Gasteiger charge is -2.23. The average Bonchev–Trinajstić information content (AvgIpc) is 2.45. The summed E-state index contributed by atoms with van der Waals surface area (Å²) >= 11 is 0. The fourth-order valence-electron chi connectivity index (χ4n) is 1.87. The van der Waals surface area contributed by atoms with Gasteiger partial charge in [-0.2, -0.15) is 22.0 Å². The highest BCUT2D eigenvalue weighted by Crippen LogP contribution is 2.35. The third-order valence-electron chi connectivity index (χ3n) is 3.08. The van der Waals surface area contributed by atoms with E-state index in [0.717, 1.165) is 12.1 Å². The van der Waals surface area contributed by atoms with Crippen LogP contribution in [0.25, 0.3) is 0 Å². The van der Waals surface area contributed by atoms with Gasteiger partial charge in [0.1, 0.15) is 5.75 Å². The second-order valence-corrected chi connectivity index (χ2v) is 4.69. The molecule has 0 spiro atoms. The van der Waals surface area contributed by atoms with Crippen molar-refractivity contribution in [1.82, 2.24) is 10.6 Å². The molecule has 1 unspecified atom stereocenters. The number of alkyl halides is 5. The Morgan fingerprint density at radius 2 is 1.81 bits per heavy atom. The molecule has 1 saturated heterocycles. The van der Waals surface area contributed by atoms with E-state index in [9.17, 15) is 22.0 Å². The number of piperazine rings is 1. The largest absolute Gasteiger partial charge is 0.487 e. The Morgan fingerprint density at radius 1 is 1.14 bits per heavy atom. The standard InChI is InChI=1S/C13H14F5N2O/c14-12(15,13(16,17)18)8-21-10-3-1-9(2-4-10)11-7-19-5-6-20-11/h1-4,11,19H,5-8H2. The summed E-state index contributed by atoms with van der Waals surface area (Å²) in [5, 5.41) is 7.54.